The zero-order chi connectivity index (χ0) is 15.1. The lowest BCUT2D eigenvalue weighted by atomic mass is 10.1. The number of amides is 2. The zero-order valence-corrected chi connectivity index (χ0v) is 12.2. The molecule has 0 heterocycles. The van der Waals surface area contributed by atoms with E-state index in [0.29, 0.717) is 0 Å². The van der Waals surface area contributed by atoms with Crippen molar-refractivity contribution in [1.82, 2.24) is 5.32 Å². The van der Waals surface area contributed by atoms with Crippen molar-refractivity contribution in [2.45, 2.75) is 19.9 Å². The standard InChI is InChI=1S/C13H18N2O4S/c1-3-20-7-8(2)14-13(19)15-10-6-4-5-9(11(10)16)12(17)18/h4-6,8,16H,3,7H2,1-2H3,(H,17,18)(H2,14,15,19). The maximum absolute atomic E-state index is 11.7. The van der Waals surface area contributed by atoms with Gasteiger partial charge in [-0.1, -0.05) is 13.0 Å². The summed E-state index contributed by atoms with van der Waals surface area (Å²) in [5, 5.41) is 23.8. The Hall–Kier alpha value is -1.89. The van der Waals surface area contributed by atoms with Crippen molar-refractivity contribution in [3.8, 4) is 5.75 Å². The molecule has 0 aliphatic heterocycles. The number of hydrogen-bond acceptors (Lipinski definition) is 4. The second kappa shape index (κ2) is 7.64. The largest absolute Gasteiger partial charge is 0.505 e. The maximum Gasteiger partial charge on any atom is 0.339 e. The number of phenols is 1. The van der Waals surface area contributed by atoms with Gasteiger partial charge < -0.3 is 20.8 Å². The van der Waals surface area contributed by atoms with Crippen molar-refractivity contribution < 1.29 is 19.8 Å². The normalized spacial score (nSPS) is 11.7. The molecule has 0 spiro atoms. The molecule has 0 aliphatic carbocycles. The molecule has 0 bridgehead atoms. The molecule has 2 amide bonds. The van der Waals surface area contributed by atoms with Gasteiger partial charge >= 0.3 is 12.0 Å². The monoisotopic (exact) mass is 298 g/mol. The molecule has 0 saturated heterocycles. The quantitative estimate of drug-likeness (QED) is 0.604. The number of carboxylic acids is 1. The molecule has 20 heavy (non-hydrogen) atoms. The van der Waals surface area contributed by atoms with Crippen LogP contribution in [-0.2, 0) is 0 Å². The fraction of sp³-hybridized carbons (Fsp3) is 0.385. The molecule has 0 aromatic heterocycles. The first-order valence-electron chi connectivity index (χ1n) is 6.16. The lowest BCUT2D eigenvalue weighted by Gasteiger charge is -2.15. The van der Waals surface area contributed by atoms with E-state index in [-0.39, 0.29) is 17.3 Å². The van der Waals surface area contributed by atoms with Crippen molar-refractivity contribution in [2.24, 2.45) is 0 Å². The van der Waals surface area contributed by atoms with Crippen molar-refractivity contribution in [3.63, 3.8) is 0 Å². The molecular weight excluding hydrogens is 280 g/mol. The van der Waals surface area contributed by atoms with Crippen molar-refractivity contribution in [2.75, 3.05) is 16.8 Å². The SMILES string of the molecule is CCSCC(C)NC(=O)Nc1cccc(C(=O)O)c1O. The molecule has 1 atom stereocenters. The molecule has 1 rings (SSSR count). The first-order chi connectivity index (χ1) is 9.45. The molecule has 6 nitrogen and oxygen atoms in total. The van der Waals surface area contributed by atoms with Crippen LogP contribution in [0.1, 0.15) is 24.2 Å². The Labute approximate surface area is 121 Å². The number of hydrogen-bond donors (Lipinski definition) is 4. The fourth-order valence-corrected chi connectivity index (χ4v) is 2.21. The van der Waals surface area contributed by atoms with Crippen LogP contribution in [0.5, 0.6) is 5.75 Å². The summed E-state index contributed by atoms with van der Waals surface area (Å²) in [6.45, 7) is 3.91. The Morgan fingerprint density at radius 1 is 1.40 bits per heavy atom. The molecule has 0 aliphatic rings. The van der Waals surface area contributed by atoms with Gasteiger partial charge in [-0.15, -0.1) is 0 Å². The number of carbonyl (C=O) groups is 2. The summed E-state index contributed by atoms with van der Waals surface area (Å²) >= 11 is 1.70. The summed E-state index contributed by atoms with van der Waals surface area (Å²) in [6, 6.07) is 3.65. The van der Waals surface area contributed by atoms with Crippen LogP contribution < -0.4 is 10.6 Å². The number of nitrogens with one attached hydrogen (secondary N) is 2. The van der Waals surface area contributed by atoms with Crippen molar-refractivity contribution in [1.29, 1.82) is 0 Å². The Morgan fingerprint density at radius 3 is 2.70 bits per heavy atom. The predicted molar refractivity (Wildman–Crippen MR) is 79.7 cm³/mol. The Bertz CT molecular complexity index is 493. The number of carbonyl (C=O) groups excluding carboxylic acids is 1. The van der Waals surface area contributed by atoms with Gasteiger partial charge in [0.15, 0.2) is 5.75 Å². The Balaban J connectivity index is 2.67. The molecule has 110 valence electrons. The topological polar surface area (TPSA) is 98.7 Å². The molecule has 1 aromatic carbocycles. The average molecular weight is 298 g/mol. The minimum atomic E-state index is -1.25. The number of anilines is 1. The summed E-state index contributed by atoms with van der Waals surface area (Å²) in [7, 11) is 0. The number of urea groups is 1. The highest BCUT2D eigenvalue weighted by Gasteiger charge is 2.15. The van der Waals surface area contributed by atoms with Crippen LogP contribution in [0.25, 0.3) is 0 Å². The molecule has 7 heteroatoms. The fourth-order valence-electron chi connectivity index (χ4n) is 1.54. The van der Waals surface area contributed by atoms with E-state index in [1.807, 2.05) is 13.8 Å². The van der Waals surface area contributed by atoms with Crippen LogP contribution >= 0.6 is 11.8 Å². The maximum atomic E-state index is 11.7. The van der Waals surface area contributed by atoms with E-state index < -0.39 is 17.7 Å². The predicted octanol–water partition coefficient (Wildman–Crippen LogP) is 2.35. The van der Waals surface area contributed by atoms with Gasteiger partial charge in [0.2, 0.25) is 0 Å². The zero-order valence-electron chi connectivity index (χ0n) is 11.3. The van der Waals surface area contributed by atoms with Gasteiger partial charge in [-0.05, 0) is 24.8 Å². The molecular formula is C13H18N2O4S. The van der Waals surface area contributed by atoms with Crippen molar-refractivity contribution in [3.05, 3.63) is 23.8 Å². The second-order valence-corrected chi connectivity index (χ2v) is 5.48. The van der Waals surface area contributed by atoms with Gasteiger partial charge in [0.25, 0.3) is 0 Å². The van der Waals surface area contributed by atoms with E-state index in [9.17, 15) is 14.7 Å². The highest BCUT2D eigenvalue weighted by Crippen LogP contribution is 2.27. The number of rotatable bonds is 6. The number of aromatic hydroxyl groups is 1. The third-order valence-corrected chi connectivity index (χ3v) is 3.61. The number of carboxylic acid groups (broad SMARTS) is 1. The van der Waals surface area contributed by atoms with Crippen LogP contribution in [0, 0.1) is 0 Å². The summed E-state index contributed by atoms with van der Waals surface area (Å²) in [4.78, 5) is 22.6. The smallest absolute Gasteiger partial charge is 0.339 e. The highest BCUT2D eigenvalue weighted by molar-refractivity contribution is 7.99. The van der Waals surface area contributed by atoms with Crippen LogP contribution in [0.3, 0.4) is 0 Å². The third-order valence-electron chi connectivity index (χ3n) is 2.46. The molecule has 0 saturated carbocycles. The van der Waals surface area contributed by atoms with Crippen LogP contribution in [0.2, 0.25) is 0 Å². The molecule has 0 fully saturated rings. The van der Waals surface area contributed by atoms with Gasteiger partial charge in [-0.2, -0.15) is 11.8 Å². The summed E-state index contributed by atoms with van der Waals surface area (Å²) < 4.78 is 0. The Kier molecular flexibility index (Phi) is 6.17. The van der Waals surface area contributed by atoms with Gasteiger partial charge in [-0.25, -0.2) is 9.59 Å². The van der Waals surface area contributed by atoms with E-state index in [1.165, 1.54) is 18.2 Å². The van der Waals surface area contributed by atoms with E-state index in [1.54, 1.807) is 11.8 Å². The molecule has 1 unspecified atom stereocenters. The van der Waals surface area contributed by atoms with Crippen molar-refractivity contribution >= 4 is 29.4 Å². The highest BCUT2D eigenvalue weighted by atomic mass is 32.2. The number of aromatic carboxylic acids is 1. The van der Waals surface area contributed by atoms with Gasteiger partial charge in [-0.3, -0.25) is 0 Å². The minimum Gasteiger partial charge on any atom is -0.505 e. The van der Waals surface area contributed by atoms with E-state index in [4.69, 9.17) is 5.11 Å². The van der Waals surface area contributed by atoms with Crippen LogP contribution in [-0.4, -0.2) is 39.8 Å². The summed E-state index contributed by atoms with van der Waals surface area (Å²) in [6.07, 6.45) is 0. The second-order valence-electron chi connectivity index (χ2n) is 4.17. The number of para-hydroxylation sites is 1. The minimum absolute atomic E-state index is 0.0234. The molecule has 4 N–H and O–H groups in total. The average Bonchev–Trinajstić information content (AvgIpc) is 2.38. The first-order valence-corrected chi connectivity index (χ1v) is 7.31. The van der Waals surface area contributed by atoms with Crippen LogP contribution in [0.4, 0.5) is 10.5 Å². The first kappa shape index (κ1) is 16.2. The number of benzene rings is 1. The van der Waals surface area contributed by atoms with Crippen LogP contribution in [0.15, 0.2) is 18.2 Å². The van der Waals surface area contributed by atoms with E-state index >= 15 is 0 Å². The third kappa shape index (κ3) is 4.65. The van der Waals surface area contributed by atoms with Gasteiger partial charge in [0, 0.05) is 11.8 Å². The lowest BCUT2D eigenvalue weighted by molar-refractivity contribution is 0.0693. The summed E-state index contributed by atoms with van der Waals surface area (Å²) in [5.74, 6) is 0.0465. The van der Waals surface area contributed by atoms with Gasteiger partial charge in [0.1, 0.15) is 5.56 Å². The molecule has 1 aromatic rings. The van der Waals surface area contributed by atoms with Gasteiger partial charge in [0.05, 0.1) is 5.69 Å². The van der Waals surface area contributed by atoms with E-state index in [0.717, 1.165) is 11.5 Å². The molecule has 0 radical (unpaired) electrons. The Morgan fingerprint density at radius 2 is 2.10 bits per heavy atom. The summed E-state index contributed by atoms with van der Waals surface area (Å²) in [5.41, 5.74) is -0.185. The lowest BCUT2D eigenvalue weighted by Crippen LogP contribution is -2.37. The number of thioether (sulfide) groups is 1. The van der Waals surface area contributed by atoms with E-state index in [2.05, 4.69) is 10.6 Å².